The number of aromatic nitrogens is 1. The van der Waals surface area contributed by atoms with Crippen LogP contribution in [0.25, 0.3) is 21.8 Å². The van der Waals surface area contributed by atoms with E-state index in [2.05, 4.69) is 53.5 Å². The van der Waals surface area contributed by atoms with E-state index in [9.17, 15) is 0 Å². The fourth-order valence-electron chi connectivity index (χ4n) is 1.94. The quantitative estimate of drug-likeness (QED) is 0.617. The minimum Gasteiger partial charge on any atom is -0.355 e. The van der Waals surface area contributed by atoms with Gasteiger partial charge in [0.25, 0.3) is 0 Å². The zero-order valence-electron chi connectivity index (χ0n) is 10.6. The molecule has 0 saturated heterocycles. The van der Waals surface area contributed by atoms with Gasteiger partial charge in [-0.05, 0) is 12.1 Å². The summed E-state index contributed by atoms with van der Waals surface area (Å²) in [5.74, 6) is 0. The van der Waals surface area contributed by atoms with Crippen LogP contribution in [-0.2, 0) is 30.9 Å². The molecule has 2 aromatic carbocycles. The molecule has 0 saturated carbocycles. The van der Waals surface area contributed by atoms with E-state index in [1.165, 1.54) is 25.7 Å². The smallest absolute Gasteiger partial charge is 0.0464 e. The summed E-state index contributed by atoms with van der Waals surface area (Å²) in [5.41, 5.74) is 2.42. The number of benzene rings is 2. The van der Waals surface area contributed by atoms with Gasteiger partial charge in [0.15, 0.2) is 0 Å². The van der Waals surface area contributed by atoms with Gasteiger partial charge in [0.05, 0.1) is 0 Å². The molecule has 0 spiro atoms. The summed E-state index contributed by atoms with van der Waals surface area (Å²) in [6, 6.07) is 16.8. The van der Waals surface area contributed by atoms with Crippen molar-refractivity contribution in [2.75, 3.05) is 13.7 Å². The Balaban J connectivity index is 0.000000209. The fourth-order valence-corrected chi connectivity index (χ4v) is 3.07. The van der Waals surface area contributed by atoms with Gasteiger partial charge >= 0.3 is 48.5 Å². The van der Waals surface area contributed by atoms with Crippen molar-refractivity contribution in [2.45, 2.75) is 3.93 Å². The van der Waals surface area contributed by atoms with Crippen LogP contribution in [0, 0.1) is 0 Å². The van der Waals surface area contributed by atoms with Gasteiger partial charge in [0, 0.05) is 21.8 Å². The van der Waals surface area contributed by atoms with Crippen LogP contribution in [0.2, 0.25) is 3.93 Å². The molecular formula is C15H16HgNO. The van der Waals surface area contributed by atoms with Gasteiger partial charge in [-0.25, -0.2) is 0 Å². The molecule has 3 heteroatoms. The second-order valence-electron chi connectivity index (χ2n) is 4.06. The molecule has 0 unspecified atom stereocenters. The van der Waals surface area contributed by atoms with Gasteiger partial charge in [-0.3, -0.25) is 0 Å². The number of nitrogens with one attached hydrogen (secondary N) is 1. The number of methoxy groups -OCH3 is 1. The van der Waals surface area contributed by atoms with Crippen LogP contribution in [-0.4, -0.2) is 18.7 Å². The molecule has 89 valence electrons. The first kappa shape index (κ1) is 13.6. The van der Waals surface area contributed by atoms with E-state index < -0.39 is 0 Å². The van der Waals surface area contributed by atoms with Crippen molar-refractivity contribution < 1.29 is 30.9 Å². The van der Waals surface area contributed by atoms with E-state index in [-0.39, 0.29) is 0 Å². The van der Waals surface area contributed by atoms with Crippen molar-refractivity contribution in [1.29, 1.82) is 0 Å². The van der Waals surface area contributed by atoms with Crippen LogP contribution in [0.4, 0.5) is 0 Å². The average molecular weight is 427 g/mol. The second kappa shape index (κ2) is 6.91. The topological polar surface area (TPSA) is 25.0 Å². The first-order chi connectivity index (χ1) is 8.86. The summed E-state index contributed by atoms with van der Waals surface area (Å²) in [6.07, 6.45) is 0. The standard InChI is InChI=1S/C12H9N.C3H7O.Hg/c1-3-7-11-9(5-1)10-6-2-4-8-12(10)13-11;1-3-4-2;/h1-8,13H;1,3H2,2H3;. The van der Waals surface area contributed by atoms with Gasteiger partial charge in [-0.2, -0.15) is 0 Å². The predicted octanol–water partition coefficient (Wildman–Crippen LogP) is 3.92. The predicted molar refractivity (Wildman–Crippen MR) is 72.5 cm³/mol. The monoisotopic (exact) mass is 428 g/mol. The molecule has 3 aromatic rings. The summed E-state index contributed by atoms with van der Waals surface area (Å²) in [7, 11) is 1.74. The number of hydrogen-bond acceptors (Lipinski definition) is 1. The van der Waals surface area contributed by atoms with Crippen LogP contribution >= 0.6 is 0 Å². The molecule has 3 rings (SSSR count). The molecule has 18 heavy (non-hydrogen) atoms. The van der Waals surface area contributed by atoms with Crippen LogP contribution in [0.15, 0.2) is 48.5 Å². The molecular weight excluding hydrogens is 411 g/mol. The van der Waals surface area contributed by atoms with Crippen LogP contribution < -0.4 is 0 Å². The molecule has 1 N–H and O–H groups in total. The zero-order valence-corrected chi connectivity index (χ0v) is 16.1. The number of hydrogen-bond donors (Lipinski definition) is 1. The number of H-pyrrole nitrogens is 1. The van der Waals surface area contributed by atoms with E-state index in [0.717, 1.165) is 32.7 Å². The van der Waals surface area contributed by atoms with Gasteiger partial charge in [0.1, 0.15) is 0 Å². The fraction of sp³-hybridized carbons (Fsp3) is 0.200. The maximum Gasteiger partial charge on any atom is 0.0464 e. The molecule has 1 aromatic heterocycles. The Kier molecular flexibility index (Phi) is 5.20. The SMILES string of the molecule is COC[CH2][Hg].c1ccc2c(c1)[nH]c1ccccc12. The minimum atomic E-state index is 0.948. The van der Waals surface area contributed by atoms with Crippen molar-refractivity contribution in [3.8, 4) is 0 Å². The van der Waals surface area contributed by atoms with Crippen LogP contribution in [0.5, 0.6) is 0 Å². The maximum atomic E-state index is 4.74. The molecule has 0 amide bonds. The summed E-state index contributed by atoms with van der Waals surface area (Å²) in [6.45, 7) is 0.975. The Morgan fingerprint density at radius 1 is 0.944 bits per heavy atom. The van der Waals surface area contributed by atoms with Gasteiger partial charge in [0.2, 0.25) is 0 Å². The van der Waals surface area contributed by atoms with Crippen molar-refractivity contribution in [3.63, 3.8) is 0 Å². The van der Waals surface area contributed by atoms with Crippen LogP contribution in [0.3, 0.4) is 0 Å². The van der Waals surface area contributed by atoms with Gasteiger partial charge in [-0.1, -0.05) is 36.4 Å². The first-order valence-electron chi connectivity index (χ1n) is 6.10. The third-order valence-corrected chi connectivity index (χ3v) is 3.88. The third-order valence-electron chi connectivity index (χ3n) is 2.76. The maximum absolute atomic E-state index is 4.74. The van der Waals surface area contributed by atoms with Crippen molar-refractivity contribution in [1.82, 2.24) is 4.98 Å². The molecule has 0 bridgehead atoms. The minimum absolute atomic E-state index is 0.948. The molecule has 0 fully saturated rings. The third kappa shape index (κ3) is 3.12. The van der Waals surface area contributed by atoms with E-state index in [1.54, 1.807) is 7.11 Å². The van der Waals surface area contributed by atoms with E-state index in [0.29, 0.717) is 0 Å². The summed E-state index contributed by atoms with van der Waals surface area (Å²) < 4.78 is 6.06. The first-order valence-corrected chi connectivity index (χ1v) is 9.99. The van der Waals surface area contributed by atoms with E-state index >= 15 is 0 Å². The molecule has 0 aliphatic rings. The largest absolute Gasteiger partial charge is 0.355 e. The van der Waals surface area contributed by atoms with Crippen molar-refractivity contribution in [2.24, 2.45) is 0 Å². The normalized spacial score (nSPS) is 10.4. The van der Waals surface area contributed by atoms with Crippen molar-refractivity contribution >= 4 is 21.8 Å². The van der Waals surface area contributed by atoms with Gasteiger partial charge in [-0.15, -0.1) is 0 Å². The molecule has 1 heterocycles. The number of ether oxygens (including phenoxy) is 1. The zero-order chi connectivity index (χ0) is 12.8. The number of aromatic amines is 1. The molecule has 0 aliphatic heterocycles. The summed E-state index contributed by atoms with van der Waals surface area (Å²) in [5, 5.41) is 2.61. The Labute approximate surface area is 123 Å². The summed E-state index contributed by atoms with van der Waals surface area (Å²) >= 11 is 0.948. The molecule has 0 aliphatic carbocycles. The number of fused-ring (bicyclic) bond motifs is 3. The molecule has 0 atom stereocenters. The summed E-state index contributed by atoms with van der Waals surface area (Å²) in [4.78, 5) is 3.38. The molecule has 2 nitrogen and oxygen atoms in total. The van der Waals surface area contributed by atoms with E-state index in [4.69, 9.17) is 4.74 Å². The number of para-hydroxylation sites is 2. The second-order valence-corrected chi connectivity index (χ2v) is 6.81. The average Bonchev–Trinajstić information content (AvgIpc) is 2.79. The van der Waals surface area contributed by atoms with Gasteiger partial charge < -0.3 is 4.98 Å². The van der Waals surface area contributed by atoms with E-state index in [1.807, 2.05) is 0 Å². The Hall–Kier alpha value is -0.865. The molecule has 0 radical (unpaired) electrons. The number of rotatable bonds is 2. The Morgan fingerprint density at radius 2 is 1.44 bits per heavy atom. The Morgan fingerprint density at radius 3 is 1.83 bits per heavy atom. The Bertz CT molecular complexity index is 565. The van der Waals surface area contributed by atoms with Crippen LogP contribution in [0.1, 0.15) is 0 Å². The van der Waals surface area contributed by atoms with Crippen molar-refractivity contribution in [3.05, 3.63) is 48.5 Å².